The van der Waals surface area contributed by atoms with E-state index in [1.165, 1.54) is 44.9 Å². The largest absolute Gasteiger partial charge is 0.462 e. The molecule has 0 saturated carbocycles. The predicted molar refractivity (Wildman–Crippen MR) is 242 cm³/mol. The molecule has 0 aliphatic heterocycles. The first-order chi connectivity index (χ1) is 27.6. The van der Waals surface area contributed by atoms with Gasteiger partial charge in [-0.05, 0) is 103 Å². The minimum Gasteiger partial charge on any atom is -0.462 e. The van der Waals surface area contributed by atoms with E-state index >= 15 is 0 Å². The fourth-order valence-corrected chi connectivity index (χ4v) is 5.74. The molecule has 5 heteroatoms. The van der Waals surface area contributed by atoms with Crippen molar-refractivity contribution >= 4 is 11.9 Å². The molecule has 0 radical (unpaired) electrons. The van der Waals surface area contributed by atoms with Crippen LogP contribution in [0.25, 0.3) is 0 Å². The van der Waals surface area contributed by atoms with Crippen molar-refractivity contribution in [1.29, 1.82) is 0 Å². The van der Waals surface area contributed by atoms with Gasteiger partial charge in [0.2, 0.25) is 0 Å². The summed E-state index contributed by atoms with van der Waals surface area (Å²) in [6.45, 7) is 7.38. The molecule has 0 bridgehead atoms. The van der Waals surface area contributed by atoms with E-state index in [1.807, 2.05) is 0 Å². The molecule has 0 amide bonds. The molecule has 0 fully saturated rings. The average Bonchev–Trinajstić information content (AvgIpc) is 3.20. The Hall–Kier alpha value is -3.18. The molecule has 1 unspecified atom stereocenters. The Bertz CT molecular complexity index is 1110. The van der Waals surface area contributed by atoms with Crippen LogP contribution in [-0.4, -0.2) is 37.9 Å². The Labute approximate surface area is 345 Å². The van der Waals surface area contributed by atoms with Crippen LogP contribution in [0.1, 0.15) is 188 Å². The van der Waals surface area contributed by atoms with Crippen LogP contribution in [0.15, 0.2) is 97.2 Å². The first kappa shape index (κ1) is 52.8. The molecule has 0 aliphatic carbocycles. The van der Waals surface area contributed by atoms with Gasteiger partial charge in [0.1, 0.15) is 6.61 Å². The summed E-state index contributed by atoms with van der Waals surface area (Å²) in [7, 11) is 0. The van der Waals surface area contributed by atoms with Crippen LogP contribution in [0.2, 0.25) is 0 Å². The first-order valence-corrected chi connectivity index (χ1v) is 22.8. The molecule has 0 rings (SSSR count). The van der Waals surface area contributed by atoms with Crippen molar-refractivity contribution in [2.24, 2.45) is 0 Å². The molecule has 0 heterocycles. The summed E-state index contributed by atoms with van der Waals surface area (Å²) < 4.78 is 17.2. The van der Waals surface area contributed by atoms with Gasteiger partial charge in [-0.2, -0.15) is 0 Å². The van der Waals surface area contributed by atoms with Gasteiger partial charge < -0.3 is 14.2 Å². The van der Waals surface area contributed by atoms with Crippen LogP contribution in [-0.2, 0) is 23.8 Å². The van der Waals surface area contributed by atoms with Gasteiger partial charge in [0.15, 0.2) is 6.10 Å². The van der Waals surface area contributed by atoms with E-state index in [9.17, 15) is 9.59 Å². The SMILES string of the molecule is CC/C=C\C/C=C\C/C=C\C/C=C\CCCOCC(COC(=O)CCCCCCC/C=C\C/C=C\C/C=C\CC)OC(=O)CCCCCCC/C=C\CCCC. The van der Waals surface area contributed by atoms with Crippen molar-refractivity contribution in [2.75, 3.05) is 19.8 Å². The fraction of sp³-hybridized carbons (Fsp3) is 0.647. The Morgan fingerprint density at radius 1 is 0.411 bits per heavy atom. The summed E-state index contributed by atoms with van der Waals surface area (Å²) in [4.78, 5) is 25.2. The van der Waals surface area contributed by atoms with Crippen LogP contribution in [0.4, 0.5) is 0 Å². The lowest BCUT2D eigenvalue weighted by molar-refractivity contribution is -0.163. The van der Waals surface area contributed by atoms with Crippen molar-refractivity contribution in [3.05, 3.63) is 97.2 Å². The molecule has 0 spiro atoms. The molecule has 0 aliphatic rings. The monoisotopic (exact) mass is 777 g/mol. The lowest BCUT2D eigenvalue weighted by Crippen LogP contribution is -2.30. The maximum atomic E-state index is 12.7. The third kappa shape index (κ3) is 43.5. The van der Waals surface area contributed by atoms with Crippen LogP contribution in [0, 0.1) is 0 Å². The van der Waals surface area contributed by atoms with Gasteiger partial charge in [-0.15, -0.1) is 0 Å². The second-order valence-corrected chi connectivity index (χ2v) is 14.5. The minimum absolute atomic E-state index is 0.0458. The quantitative estimate of drug-likeness (QED) is 0.0352. The number of hydrogen-bond donors (Lipinski definition) is 0. The highest BCUT2D eigenvalue weighted by molar-refractivity contribution is 5.70. The molecule has 0 aromatic rings. The van der Waals surface area contributed by atoms with E-state index in [4.69, 9.17) is 14.2 Å². The molecule has 56 heavy (non-hydrogen) atoms. The molecule has 1 atom stereocenters. The predicted octanol–water partition coefficient (Wildman–Crippen LogP) is 15.1. The average molecular weight is 777 g/mol. The Morgan fingerprint density at radius 3 is 1.30 bits per heavy atom. The molecule has 0 aromatic carbocycles. The summed E-state index contributed by atoms with van der Waals surface area (Å²) in [5, 5.41) is 0. The second kappa shape index (κ2) is 46.2. The van der Waals surface area contributed by atoms with Gasteiger partial charge in [-0.1, -0.05) is 169 Å². The molecule has 0 N–H and O–H groups in total. The number of rotatable bonds is 40. The number of hydrogen-bond acceptors (Lipinski definition) is 5. The Balaban J connectivity index is 4.39. The summed E-state index contributed by atoms with van der Waals surface area (Å²) >= 11 is 0. The summed E-state index contributed by atoms with van der Waals surface area (Å²) in [5.74, 6) is -0.466. The molecule has 318 valence electrons. The van der Waals surface area contributed by atoms with Gasteiger partial charge in [-0.25, -0.2) is 0 Å². The number of carbonyl (C=O) groups excluding carboxylic acids is 2. The number of unbranched alkanes of at least 4 members (excludes halogenated alkanes) is 13. The molecule has 0 saturated heterocycles. The van der Waals surface area contributed by atoms with Crippen molar-refractivity contribution < 1.29 is 23.8 Å². The van der Waals surface area contributed by atoms with Gasteiger partial charge in [-0.3, -0.25) is 9.59 Å². The smallest absolute Gasteiger partial charge is 0.306 e. The van der Waals surface area contributed by atoms with Gasteiger partial charge >= 0.3 is 11.9 Å². The zero-order valence-electron chi connectivity index (χ0n) is 36.4. The van der Waals surface area contributed by atoms with Crippen LogP contribution in [0.3, 0.4) is 0 Å². The number of esters is 2. The van der Waals surface area contributed by atoms with Crippen molar-refractivity contribution in [2.45, 2.75) is 194 Å². The van der Waals surface area contributed by atoms with Crippen LogP contribution < -0.4 is 0 Å². The van der Waals surface area contributed by atoms with Crippen molar-refractivity contribution in [1.82, 2.24) is 0 Å². The topological polar surface area (TPSA) is 61.8 Å². The third-order valence-corrected chi connectivity index (χ3v) is 9.08. The highest BCUT2D eigenvalue weighted by Gasteiger charge is 2.17. The normalized spacial score (nSPS) is 13.1. The van der Waals surface area contributed by atoms with Crippen molar-refractivity contribution in [3.8, 4) is 0 Å². The molecular formula is C51H84O5. The Kier molecular flexibility index (Phi) is 43.6. The van der Waals surface area contributed by atoms with Crippen molar-refractivity contribution in [3.63, 3.8) is 0 Å². The second-order valence-electron chi connectivity index (χ2n) is 14.5. The molecule has 5 nitrogen and oxygen atoms in total. The summed E-state index contributed by atoms with van der Waals surface area (Å²) in [5.41, 5.74) is 0. The lowest BCUT2D eigenvalue weighted by Gasteiger charge is -2.18. The number of ether oxygens (including phenoxy) is 3. The summed E-state index contributed by atoms with van der Waals surface area (Å²) in [6.07, 6.45) is 61.3. The maximum Gasteiger partial charge on any atom is 0.306 e. The van der Waals surface area contributed by atoms with E-state index in [-0.39, 0.29) is 25.2 Å². The fourth-order valence-electron chi connectivity index (χ4n) is 5.74. The van der Waals surface area contributed by atoms with Crippen LogP contribution >= 0.6 is 0 Å². The first-order valence-electron chi connectivity index (χ1n) is 22.8. The highest BCUT2D eigenvalue weighted by Crippen LogP contribution is 2.12. The summed E-state index contributed by atoms with van der Waals surface area (Å²) in [6, 6.07) is 0. The van der Waals surface area contributed by atoms with Crippen LogP contribution in [0.5, 0.6) is 0 Å². The third-order valence-electron chi connectivity index (χ3n) is 9.08. The van der Waals surface area contributed by atoms with E-state index in [0.29, 0.717) is 19.4 Å². The molecule has 0 aromatic heterocycles. The molecular weight excluding hydrogens is 693 g/mol. The number of carbonyl (C=O) groups is 2. The minimum atomic E-state index is -0.579. The van der Waals surface area contributed by atoms with Gasteiger partial charge in [0.05, 0.1) is 6.61 Å². The van der Waals surface area contributed by atoms with E-state index in [0.717, 1.165) is 109 Å². The number of allylic oxidation sites excluding steroid dienone is 16. The zero-order valence-corrected chi connectivity index (χ0v) is 36.4. The Morgan fingerprint density at radius 2 is 0.804 bits per heavy atom. The van der Waals surface area contributed by atoms with E-state index in [2.05, 4.69) is 118 Å². The lowest BCUT2D eigenvalue weighted by atomic mass is 10.1. The van der Waals surface area contributed by atoms with Gasteiger partial charge in [0.25, 0.3) is 0 Å². The standard InChI is InChI=1S/C51H84O5/c1-4-7-10-13-16-19-22-24-26-27-30-32-35-38-41-44-50(52)55-48-49(56-51(53)45-42-39-36-33-29-21-18-15-12-9-6-3)47-54-46-43-40-37-34-31-28-25-23-20-17-14-11-8-5-2/h7-8,10-11,15-20,24-26,28,34,37,49H,4-6,9,12-14,21-23,27,29-33,35-36,38-48H2,1-3H3/b10-7-,11-8-,18-15-,19-16-,20-17-,26-24-,28-25-,37-34-. The van der Waals surface area contributed by atoms with E-state index in [1.54, 1.807) is 0 Å². The zero-order chi connectivity index (χ0) is 40.7. The van der Waals surface area contributed by atoms with Gasteiger partial charge in [0, 0.05) is 19.4 Å². The highest BCUT2D eigenvalue weighted by atomic mass is 16.6. The maximum absolute atomic E-state index is 12.7. The van der Waals surface area contributed by atoms with E-state index < -0.39 is 6.10 Å².